The molecule has 0 aliphatic heterocycles. The zero-order valence-corrected chi connectivity index (χ0v) is 6.04. The lowest BCUT2D eigenvalue weighted by Crippen LogP contribution is -2.00. The molecule has 0 saturated heterocycles. The van der Waals surface area contributed by atoms with E-state index in [1.54, 1.807) is 7.11 Å². The van der Waals surface area contributed by atoms with Crippen LogP contribution in [0.15, 0.2) is 0 Å². The van der Waals surface area contributed by atoms with E-state index >= 15 is 0 Å². The van der Waals surface area contributed by atoms with E-state index < -0.39 is 5.97 Å². The Morgan fingerprint density at radius 3 is 2.90 bits per heavy atom. The summed E-state index contributed by atoms with van der Waals surface area (Å²) in [5, 5.41) is 8.48. The van der Waals surface area contributed by atoms with E-state index in [2.05, 4.69) is 0 Å². The lowest BCUT2D eigenvalue weighted by Gasteiger charge is -1.94. The summed E-state index contributed by atoms with van der Waals surface area (Å²) in [5.74, 6) is -0.339. The molecule has 0 aromatic heterocycles. The first-order valence-electron chi connectivity index (χ1n) is 3.47. The summed E-state index contributed by atoms with van der Waals surface area (Å²) in [7, 11) is 1.64. The normalized spacial score (nSPS) is 30.1. The Morgan fingerprint density at radius 1 is 1.80 bits per heavy atom. The second-order valence-electron chi connectivity index (χ2n) is 2.72. The van der Waals surface area contributed by atoms with Crippen molar-refractivity contribution in [3.8, 4) is 0 Å². The molecule has 3 heteroatoms. The first kappa shape index (κ1) is 7.54. The fourth-order valence-corrected chi connectivity index (χ4v) is 1.14. The van der Waals surface area contributed by atoms with Crippen molar-refractivity contribution in [2.24, 2.45) is 11.8 Å². The summed E-state index contributed by atoms with van der Waals surface area (Å²) in [5.41, 5.74) is 0. The molecule has 0 aromatic carbocycles. The molecule has 10 heavy (non-hydrogen) atoms. The molecular formula is C7H12O3. The molecular weight excluding hydrogens is 132 g/mol. The van der Waals surface area contributed by atoms with Crippen molar-refractivity contribution in [2.45, 2.75) is 12.8 Å². The highest BCUT2D eigenvalue weighted by Crippen LogP contribution is 2.41. The van der Waals surface area contributed by atoms with Gasteiger partial charge in [-0.05, 0) is 18.8 Å². The quantitative estimate of drug-likeness (QED) is 0.633. The highest BCUT2D eigenvalue weighted by molar-refractivity contribution is 5.73. The van der Waals surface area contributed by atoms with Gasteiger partial charge in [0, 0.05) is 13.7 Å². The maximum absolute atomic E-state index is 10.3. The smallest absolute Gasteiger partial charge is 0.306 e. The molecule has 1 aliphatic rings. The van der Waals surface area contributed by atoms with Gasteiger partial charge < -0.3 is 9.84 Å². The molecule has 1 N–H and O–H groups in total. The Labute approximate surface area is 60.0 Å². The van der Waals surface area contributed by atoms with Crippen molar-refractivity contribution in [1.82, 2.24) is 0 Å². The first-order chi connectivity index (χ1) is 4.75. The van der Waals surface area contributed by atoms with Crippen molar-refractivity contribution in [3.63, 3.8) is 0 Å². The van der Waals surface area contributed by atoms with Crippen LogP contribution in [0.3, 0.4) is 0 Å². The van der Waals surface area contributed by atoms with Gasteiger partial charge in [-0.2, -0.15) is 0 Å². The lowest BCUT2D eigenvalue weighted by molar-refractivity contribution is -0.138. The number of carboxylic acid groups (broad SMARTS) is 1. The SMILES string of the molecule is COCC[C@@H]1C[C@H]1C(=O)O. The minimum absolute atomic E-state index is 0.0739. The van der Waals surface area contributed by atoms with E-state index in [0.717, 1.165) is 12.8 Å². The number of carboxylic acids is 1. The zero-order chi connectivity index (χ0) is 7.56. The van der Waals surface area contributed by atoms with Crippen LogP contribution in [0.25, 0.3) is 0 Å². The van der Waals surface area contributed by atoms with Gasteiger partial charge in [-0.15, -0.1) is 0 Å². The highest BCUT2D eigenvalue weighted by atomic mass is 16.5. The van der Waals surface area contributed by atoms with E-state index in [0.29, 0.717) is 12.5 Å². The minimum atomic E-state index is -0.652. The van der Waals surface area contributed by atoms with Crippen molar-refractivity contribution in [3.05, 3.63) is 0 Å². The van der Waals surface area contributed by atoms with Gasteiger partial charge in [0.1, 0.15) is 0 Å². The van der Waals surface area contributed by atoms with E-state index in [1.165, 1.54) is 0 Å². The Kier molecular flexibility index (Phi) is 2.27. The van der Waals surface area contributed by atoms with Crippen LogP contribution in [0.2, 0.25) is 0 Å². The van der Waals surface area contributed by atoms with Crippen molar-refractivity contribution >= 4 is 5.97 Å². The second-order valence-corrected chi connectivity index (χ2v) is 2.72. The third-order valence-corrected chi connectivity index (χ3v) is 1.93. The minimum Gasteiger partial charge on any atom is -0.481 e. The van der Waals surface area contributed by atoms with Gasteiger partial charge in [0.15, 0.2) is 0 Å². The fraction of sp³-hybridized carbons (Fsp3) is 0.857. The van der Waals surface area contributed by atoms with Gasteiger partial charge in [0.2, 0.25) is 0 Å². The molecule has 2 atom stereocenters. The Bertz CT molecular complexity index is 133. The van der Waals surface area contributed by atoms with Crippen LogP contribution in [0.4, 0.5) is 0 Å². The lowest BCUT2D eigenvalue weighted by atomic mass is 10.2. The molecule has 3 nitrogen and oxygen atoms in total. The highest BCUT2D eigenvalue weighted by Gasteiger charge is 2.42. The van der Waals surface area contributed by atoms with Gasteiger partial charge in [-0.1, -0.05) is 0 Å². The van der Waals surface area contributed by atoms with E-state index in [9.17, 15) is 4.79 Å². The predicted octanol–water partition coefficient (Wildman–Crippen LogP) is 0.744. The average Bonchev–Trinajstić information content (AvgIpc) is 2.62. The van der Waals surface area contributed by atoms with E-state index in [-0.39, 0.29) is 5.92 Å². The summed E-state index contributed by atoms with van der Waals surface area (Å²) >= 11 is 0. The summed E-state index contributed by atoms with van der Waals surface area (Å²) in [6.07, 6.45) is 1.74. The number of hydrogen-bond donors (Lipinski definition) is 1. The topological polar surface area (TPSA) is 46.5 Å². The first-order valence-corrected chi connectivity index (χ1v) is 3.47. The summed E-state index contributed by atoms with van der Waals surface area (Å²) in [6.45, 7) is 0.689. The van der Waals surface area contributed by atoms with Crippen LogP contribution in [-0.4, -0.2) is 24.8 Å². The number of rotatable bonds is 4. The molecule has 1 rings (SSSR count). The third-order valence-electron chi connectivity index (χ3n) is 1.93. The van der Waals surface area contributed by atoms with Gasteiger partial charge >= 0.3 is 5.97 Å². The summed E-state index contributed by atoms with van der Waals surface area (Å²) < 4.78 is 4.83. The van der Waals surface area contributed by atoms with Crippen LogP contribution in [-0.2, 0) is 9.53 Å². The standard InChI is InChI=1S/C7H12O3/c1-10-3-2-5-4-6(5)7(8)9/h5-6H,2-4H2,1H3,(H,8,9)/t5-,6-/m1/s1. The number of methoxy groups -OCH3 is 1. The number of ether oxygens (including phenoxy) is 1. The van der Waals surface area contributed by atoms with Crippen LogP contribution in [0.1, 0.15) is 12.8 Å². The van der Waals surface area contributed by atoms with Crippen LogP contribution in [0, 0.1) is 11.8 Å². The Hall–Kier alpha value is -0.570. The van der Waals surface area contributed by atoms with Crippen LogP contribution < -0.4 is 0 Å². The fourth-order valence-electron chi connectivity index (χ4n) is 1.14. The van der Waals surface area contributed by atoms with E-state index in [4.69, 9.17) is 9.84 Å². The predicted molar refractivity (Wildman–Crippen MR) is 35.7 cm³/mol. The molecule has 0 amide bonds. The number of aliphatic carboxylic acids is 1. The molecule has 0 bridgehead atoms. The molecule has 1 saturated carbocycles. The van der Waals surface area contributed by atoms with E-state index in [1.807, 2.05) is 0 Å². The van der Waals surface area contributed by atoms with Gasteiger partial charge in [0.05, 0.1) is 5.92 Å². The van der Waals surface area contributed by atoms with Crippen molar-refractivity contribution < 1.29 is 14.6 Å². The van der Waals surface area contributed by atoms with Crippen LogP contribution >= 0.6 is 0 Å². The molecule has 0 aromatic rings. The maximum atomic E-state index is 10.3. The zero-order valence-electron chi connectivity index (χ0n) is 6.04. The number of carbonyl (C=O) groups is 1. The molecule has 58 valence electrons. The monoisotopic (exact) mass is 144 g/mol. The molecule has 0 heterocycles. The average molecular weight is 144 g/mol. The summed E-state index contributed by atoms with van der Waals surface area (Å²) in [4.78, 5) is 10.3. The third kappa shape index (κ3) is 1.70. The molecule has 1 fully saturated rings. The molecule has 0 radical (unpaired) electrons. The molecule has 0 spiro atoms. The largest absolute Gasteiger partial charge is 0.481 e. The van der Waals surface area contributed by atoms with Gasteiger partial charge in [-0.25, -0.2) is 0 Å². The van der Waals surface area contributed by atoms with Gasteiger partial charge in [0.25, 0.3) is 0 Å². The molecule has 1 aliphatic carbocycles. The Morgan fingerprint density at radius 2 is 2.50 bits per heavy atom. The summed E-state index contributed by atoms with van der Waals surface area (Å²) in [6, 6.07) is 0. The second kappa shape index (κ2) is 3.01. The maximum Gasteiger partial charge on any atom is 0.306 e. The molecule has 0 unspecified atom stereocenters. The van der Waals surface area contributed by atoms with Crippen molar-refractivity contribution in [2.75, 3.05) is 13.7 Å². The van der Waals surface area contributed by atoms with Crippen LogP contribution in [0.5, 0.6) is 0 Å². The van der Waals surface area contributed by atoms with Crippen molar-refractivity contribution in [1.29, 1.82) is 0 Å². The Balaban J connectivity index is 2.08. The number of hydrogen-bond acceptors (Lipinski definition) is 2. The van der Waals surface area contributed by atoms with Gasteiger partial charge in [-0.3, -0.25) is 4.79 Å².